The molecular formula is C22H23ClFN3O4. The molecule has 1 aliphatic rings. The van der Waals surface area contributed by atoms with E-state index >= 15 is 0 Å². The van der Waals surface area contributed by atoms with Gasteiger partial charge in [-0.2, -0.15) is 0 Å². The van der Waals surface area contributed by atoms with Crippen molar-refractivity contribution in [2.45, 2.75) is 12.8 Å². The molecule has 0 saturated carbocycles. The molecule has 0 unspecified atom stereocenters. The van der Waals surface area contributed by atoms with Gasteiger partial charge < -0.3 is 20.6 Å². The minimum absolute atomic E-state index is 0.00266. The van der Waals surface area contributed by atoms with Crippen LogP contribution in [0.25, 0.3) is 11.1 Å². The van der Waals surface area contributed by atoms with E-state index in [1.54, 1.807) is 30.3 Å². The lowest BCUT2D eigenvalue weighted by molar-refractivity contribution is -0.117. The average Bonchev–Trinajstić information content (AvgIpc) is 2.78. The van der Waals surface area contributed by atoms with Gasteiger partial charge in [0.05, 0.1) is 11.3 Å². The van der Waals surface area contributed by atoms with Crippen LogP contribution in [0.3, 0.4) is 0 Å². The van der Waals surface area contributed by atoms with Crippen LogP contribution in [0.1, 0.15) is 23.2 Å². The van der Waals surface area contributed by atoms with Crippen molar-refractivity contribution in [1.82, 2.24) is 10.2 Å². The number of benzene rings is 2. The van der Waals surface area contributed by atoms with Crippen molar-refractivity contribution in [1.29, 1.82) is 0 Å². The monoisotopic (exact) mass is 447 g/mol. The van der Waals surface area contributed by atoms with Crippen molar-refractivity contribution in [2.24, 2.45) is 5.92 Å². The molecule has 7 nitrogen and oxygen atoms in total. The van der Waals surface area contributed by atoms with Crippen LogP contribution >= 0.6 is 11.6 Å². The lowest BCUT2D eigenvalue weighted by Crippen LogP contribution is -2.43. The molecular weight excluding hydrogens is 425 g/mol. The molecule has 2 aromatic rings. The van der Waals surface area contributed by atoms with E-state index in [2.05, 4.69) is 10.6 Å². The fourth-order valence-corrected chi connectivity index (χ4v) is 3.71. The Balaban J connectivity index is 1.79. The van der Waals surface area contributed by atoms with Gasteiger partial charge in [-0.15, -0.1) is 0 Å². The SMILES string of the molecule is O=C(CF)Nc1ccc(-c2ccc(Cl)cc2)cc1C(=O)NC[C@H]1CCCN(C(=O)O)C1. The molecule has 1 fully saturated rings. The quantitative estimate of drug-likeness (QED) is 0.622. The molecule has 3 N–H and O–H groups in total. The molecule has 0 aromatic heterocycles. The first-order valence-corrected chi connectivity index (χ1v) is 10.3. The van der Waals surface area contributed by atoms with Crippen molar-refractivity contribution in [3.05, 3.63) is 53.1 Å². The number of amides is 3. The number of hydrogen-bond acceptors (Lipinski definition) is 3. The zero-order chi connectivity index (χ0) is 22.4. The Bertz CT molecular complexity index is 968. The van der Waals surface area contributed by atoms with E-state index in [-0.39, 0.29) is 17.2 Å². The molecule has 0 bridgehead atoms. The smallest absolute Gasteiger partial charge is 0.407 e. The Labute approximate surface area is 184 Å². The van der Waals surface area contributed by atoms with E-state index in [1.165, 1.54) is 4.90 Å². The number of alkyl halides is 1. The summed E-state index contributed by atoms with van der Waals surface area (Å²) in [6.07, 6.45) is 0.569. The van der Waals surface area contributed by atoms with Crippen molar-refractivity contribution in [3.8, 4) is 11.1 Å². The predicted molar refractivity (Wildman–Crippen MR) is 116 cm³/mol. The highest BCUT2D eigenvalue weighted by Gasteiger charge is 2.24. The summed E-state index contributed by atoms with van der Waals surface area (Å²) in [6.45, 7) is -0.0639. The maximum absolute atomic E-state index is 12.9. The molecule has 1 aliphatic heterocycles. The minimum atomic E-state index is -1.20. The van der Waals surface area contributed by atoms with Gasteiger partial charge in [-0.3, -0.25) is 9.59 Å². The summed E-state index contributed by atoms with van der Waals surface area (Å²) in [5, 5.41) is 15.0. The zero-order valence-electron chi connectivity index (χ0n) is 16.7. The summed E-state index contributed by atoms with van der Waals surface area (Å²) in [6, 6.07) is 12.0. The van der Waals surface area contributed by atoms with Gasteiger partial charge in [0, 0.05) is 24.7 Å². The largest absolute Gasteiger partial charge is 0.465 e. The van der Waals surface area contributed by atoms with Crippen LogP contribution in [0.2, 0.25) is 5.02 Å². The molecule has 31 heavy (non-hydrogen) atoms. The molecule has 3 rings (SSSR count). The van der Waals surface area contributed by atoms with Crippen molar-refractivity contribution >= 4 is 35.2 Å². The number of carbonyl (C=O) groups excluding carboxylic acids is 2. The van der Waals surface area contributed by atoms with Crippen LogP contribution in [0.4, 0.5) is 14.9 Å². The molecule has 3 amide bonds. The number of nitrogens with zero attached hydrogens (tertiary/aromatic N) is 1. The Kier molecular flexibility index (Phi) is 7.46. The van der Waals surface area contributed by atoms with Gasteiger partial charge in [0.2, 0.25) is 0 Å². The van der Waals surface area contributed by atoms with Crippen LogP contribution in [0.15, 0.2) is 42.5 Å². The third kappa shape index (κ3) is 5.95. The lowest BCUT2D eigenvalue weighted by Gasteiger charge is -2.30. The summed E-state index contributed by atoms with van der Waals surface area (Å²) in [4.78, 5) is 37.0. The molecule has 0 aliphatic carbocycles. The van der Waals surface area contributed by atoms with Crippen LogP contribution in [-0.4, -0.2) is 54.2 Å². The summed E-state index contributed by atoms with van der Waals surface area (Å²) in [7, 11) is 0. The number of carboxylic acid groups (broad SMARTS) is 1. The second-order valence-corrected chi connectivity index (χ2v) is 7.83. The Morgan fingerprint density at radius 1 is 1.13 bits per heavy atom. The predicted octanol–water partition coefficient (Wildman–Crippen LogP) is 4.03. The number of likely N-dealkylation sites (tertiary alicyclic amines) is 1. The van der Waals surface area contributed by atoms with Gasteiger partial charge in [-0.1, -0.05) is 29.8 Å². The number of carbonyl (C=O) groups is 3. The number of anilines is 1. The number of piperidine rings is 1. The summed E-state index contributed by atoms with van der Waals surface area (Å²) >= 11 is 5.94. The third-order valence-corrected chi connectivity index (χ3v) is 5.43. The minimum Gasteiger partial charge on any atom is -0.465 e. The molecule has 9 heteroatoms. The number of halogens is 2. The van der Waals surface area contributed by atoms with Crippen molar-refractivity contribution in [3.63, 3.8) is 0 Å². The number of hydrogen-bond donors (Lipinski definition) is 3. The first-order chi connectivity index (χ1) is 14.9. The molecule has 1 saturated heterocycles. The van der Waals surface area contributed by atoms with E-state index in [0.717, 1.165) is 24.0 Å². The fraction of sp³-hybridized carbons (Fsp3) is 0.318. The van der Waals surface area contributed by atoms with E-state index in [0.29, 0.717) is 24.7 Å². The average molecular weight is 448 g/mol. The van der Waals surface area contributed by atoms with Crippen LogP contribution in [0, 0.1) is 5.92 Å². The number of nitrogens with one attached hydrogen (secondary N) is 2. The molecule has 164 valence electrons. The normalized spacial score (nSPS) is 15.9. The highest BCUT2D eigenvalue weighted by atomic mass is 35.5. The van der Waals surface area contributed by atoms with Crippen molar-refractivity contribution in [2.75, 3.05) is 31.6 Å². The van der Waals surface area contributed by atoms with E-state index in [4.69, 9.17) is 11.6 Å². The molecule has 2 aromatic carbocycles. The van der Waals surface area contributed by atoms with Gasteiger partial charge >= 0.3 is 6.09 Å². The van der Waals surface area contributed by atoms with Crippen LogP contribution in [-0.2, 0) is 4.79 Å². The maximum Gasteiger partial charge on any atom is 0.407 e. The first kappa shape index (κ1) is 22.6. The van der Waals surface area contributed by atoms with E-state index < -0.39 is 24.6 Å². The zero-order valence-corrected chi connectivity index (χ0v) is 17.5. The van der Waals surface area contributed by atoms with Gasteiger partial charge in [0.1, 0.15) is 0 Å². The topological polar surface area (TPSA) is 98.7 Å². The Morgan fingerprint density at radius 2 is 1.84 bits per heavy atom. The lowest BCUT2D eigenvalue weighted by atomic mass is 9.97. The second kappa shape index (κ2) is 10.3. The first-order valence-electron chi connectivity index (χ1n) is 9.89. The summed E-state index contributed by atoms with van der Waals surface area (Å²) < 4.78 is 12.7. The molecule has 1 atom stereocenters. The molecule has 1 heterocycles. The molecule has 0 radical (unpaired) electrons. The number of rotatable bonds is 6. The van der Waals surface area contributed by atoms with E-state index in [9.17, 15) is 23.9 Å². The summed E-state index contributed by atoms with van der Waals surface area (Å²) in [5.74, 6) is -1.28. The van der Waals surface area contributed by atoms with Crippen LogP contribution in [0.5, 0.6) is 0 Å². The van der Waals surface area contributed by atoms with Gasteiger partial charge in [-0.25, -0.2) is 9.18 Å². The van der Waals surface area contributed by atoms with Gasteiger partial charge in [0.15, 0.2) is 6.67 Å². The standard InChI is InChI=1S/C22H23ClFN3O4/c23-17-6-3-15(4-7-17)16-5-8-19(26-20(28)11-24)18(10-16)21(29)25-12-14-2-1-9-27(13-14)22(30)31/h3-8,10,14H,1-2,9,11-13H2,(H,25,29)(H,26,28)(H,30,31)/t14-/m1/s1. The van der Waals surface area contributed by atoms with Gasteiger partial charge in [0.25, 0.3) is 11.8 Å². The maximum atomic E-state index is 12.9. The highest BCUT2D eigenvalue weighted by molar-refractivity contribution is 6.30. The summed E-state index contributed by atoms with van der Waals surface area (Å²) in [5.41, 5.74) is 1.95. The van der Waals surface area contributed by atoms with Gasteiger partial charge in [-0.05, 0) is 54.2 Å². The highest BCUT2D eigenvalue weighted by Crippen LogP contribution is 2.27. The van der Waals surface area contributed by atoms with Crippen molar-refractivity contribution < 1.29 is 23.9 Å². The second-order valence-electron chi connectivity index (χ2n) is 7.40. The fourth-order valence-electron chi connectivity index (χ4n) is 3.58. The third-order valence-electron chi connectivity index (χ3n) is 5.18. The Morgan fingerprint density at radius 3 is 2.52 bits per heavy atom. The Hall–Kier alpha value is -3.13. The van der Waals surface area contributed by atoms with Crippen LogP contribution < -0.4 is 10.6 Å². The molecule has 0 spiro atoms. The van der Waals surface area contributed by atoms with E-state index in [1.807, 2.05) is 12.1 Å².